The van der Waals surface area contributed by atoms with E-state index >= 15 is 0 Å². The molecule has 54 valence electrons. The average Bonchev–Trinajstić information content (AvgIpc) is 1.86. The molecule has 0 radical (unpaired) electrons. The summed E-state index contributed by atoms with van der Waals surface area (Å²) in [4.78, 5) is 10.5. The summed E-state index contributed by atoms with van der Waals surface area (Å²) in [7, 11) is 0. The van der Waals surface area contributed by atoms with Gasteiger partial charge in [0.25, 0.3) is 0 Å². The van der Waals surface area contributed by atoms with Gasteiger partial charge in [-0.05, 0) is 6.92 Å². The van der Waals surface area contributed by atoms with E-state index in [1.165, 1.54) is 6.92 Å². The lowest BCUT2D eigenvalue weighted by Gasteiger charge is -2.19. The van der Waals surface area contributed by atoms with Crippen molar-refractivity contribution in [1.82, 2.24) is 0 Å². The van der Waals surface area contributed by atoms with Gasteiger partial charge in [0.15, 0.2) is 0 Å². The molecule has 9 heavy (non-hydrogen) atoms. The second kappa shape index (κ2) is 2.80. The lowest BCUT2D eigenvalue weighted by molar-refractivity contribution is -0.128. The van der Waals surface area contributed by atoms with E-state index < -0.39 is 11.3 Å². The van der Waals surface area contributed by atoms with Gasteiger partial charge >= 0.3 is 0 Å². The van der Waals surface area contributed by atoms with Gasteiger partial charge < -0.3 is 16.6 Å². The molecule has 0 bridgehead atoms. The molecular formula is C5H12N2O2. The van der Waals surface area contributed by atoms with Crippen LogP contribution in [-0.4, -0.2) is 24.2 Å². The van der Waals surface area contributed by atoms with Crippen LogP contribution >= 0.6 is 0 Å². The summed E-state index contributed by atoms with van der Waals surface area (Å²) in [6.07, 6.45) is 0. The molecule has 0 aromatic heterocycles. The summed E-state index contributed by atoms with van der Waals surface area (Å²) in [5.74, 6) is -0.562. The van der Waals surface area contributed by atoms with Crippen molar-refractivity contribution in [3.63, 3.8) is 0 Å². The van der Waals surface area contributed by atoms with Gasteiger partial charge in [0, 0.05) is 6.54 Å². The Morgan fingerprint density at radius 1 is 1.78 bits per heavy atom. The smallest absolute Gasteiger partial charge is 0.226 e. The number of hydrogen-bond donors (Lipinski definition) is 3. The third kappa shape index (κ3) is 1.65. The zero-order valence-corrected chi connectivity index (χ0v) is 5.42. The highest BCUT2D eigenvalue weighted by atomic mass is 16.3. The van der Waals surface area contributed by atoms with Gasteiger partial charge in [0.1, 0.15) is 0 Å². The van der Waals surface area contributed by atoms with E-state index in [1.54, 1.807) is 0 Å². The molecule has 0 rings (SSSR count). The van der Waals surface area contributed by atoms with E-state index in [2.05, 4.69) is 0 Å². The van der Waals surface area contributed by atoms with Crippen LogP contribution in [0, 0.1) is 5.41 Å². The molecule has 0 aromatic carbocycles. The molecule has 1 unspecified atom stereocenters. The Kier molecular flexibility index (Phi) is 2.61. The molecule has 4 nitrogen and oxygen atoms in total. The number of nitrogens with two attached hydrogens (primary N) is 2. The van der Waals surface area contributed by atoms with E-state index in [1.807, 2.05) is 0 Å². The number of carbonyl (C=O) groups excluding carboxylic acids is 1. The van der Waals surface area contributed by atoms with Crippen LogP contribution in [0.1, 0.15) is 6.92 Å². The summed E-state index contributed by atoms with van der Waals surface area (Å²) in [6.45, 7) is 1.31. The van der Waals surface area contributed by atoms with Crippen molar-refractivity contribution in [2.24, 2.45) is 16.9 Å². The number of amides is 1. The average molecular weight is 132 g/mol. The minimum atomic E-state index is -0.944. The molecule has 0 heterocycles. The number of carbonyl (C=O) groups is 1. The zero-order valence-electron chi connectivity index (χ0n) is 5.42. The van der Waals surface area contributed by atoms with Gasteiger partial charge in [0.2, 0.25) is 5.91 Å². The number of rotatable bonds is 3. The van der Waals surface area contributed by atoms with Gasteiger partial charge in [-0.1, -0.05) is 0 Å². The van der Waals surface area contributed by atoms with Crippen molar-refractivity contribution >= 4 is 5.91 Å². The predicted octanol–water partition coefficient (Wildman–Crippen LogP) is -1.57. The molecule has 5 N–H and O–H groups in total. The van der Waals surface area contributed by atoms with E-state index in [0.29, 0.717) is 0 Å². The van der Waals surface area contributed by atoms with Gasteiger partial charge in [0.05, 0.1) is 12.0 Å². The number of aliphatic hydroxyl groups excluding tert-OH is 1. The highest BCUT2D eigenvalue weighted by Crippen LogP contribution is 2.10. The first-order valence-electron chi connectivity index (χ1n) is 2.67. The minimum absolute atomic E-state index is 0.0822. The zero-order chi connectivity index (χ0) is 7.49. The van der Waals surface area contributed by atoms with Crippen molar-refractivity contribution in [2.45, 2.75) is 6.92 Å². The normalized spacial score (nSPS) is 16.8. The van der Waals surface area contributed by atoms with Crippen LogP contribution in [0.15, 0.2) is 0 Å². The molecule has 1 amide bonds. The van der Waals surface area contributed by atoms with Crippen LogP contribution in [0.25, 0.3) is 0 Å². The molecular weight excluding hydrogens is 120 g/mol. The Morgan fingerprint density at radius 3 is 2.22 bits per heavy atom. The van der Waals surface area contributed by atoms with Crippen LogP contribution in [0.3, 0.4) is 0 Å². The summed E-state index contributed by atoms with van der Waals surface area (Å²) >= 11 is 0. The summed E-state index contributed by atoms with van der Waals surface area (Å²) in [6, 6.07) is 0. The van der Waals surface area contributed by atoms with Crippen molar-refractivity contribution in [2.75, 3.05) is 13.2 Å². The van der Waals surface area contributed by atoms with E-state index in [-0.39, 0.29) is 13.2 Å². The summed E-state index contributed by atoms with van der Waals surface area (Å²) in [5.41, 5.74) is 9.13. The fourth-order valence-electron chi connectivity index (χ4n) is 0.243. The molecule has 0 aromatic rings. The standard InChI is InChI=1S/C5H12N2O2/c1-5(2-6,3-8)4(7)9/h8H,2-3,6H2,1H3,(H2,7,9). The van der Waals surface area contributed by atoms with E-state index in [0.717, 1.165) is 0 Å². The molecule has 0 spiro atoms. The summed E-state index contributed by atoms with van der Waals surface area (Å²) < 4.78 is 0. The van der Waals surface area contributed by atoms with Crippen LogP contribution in [0.2, 0.25) is 0 Å². The maximum atomic E-state index is 10.5. The first kappa shape index (κ1) is 8.39. The third-order valence-electron chi connectivity index (χ3n) is 1.39. The summed E-state index contributed by atoms with van der Waals surface area (Å²) in [5, 5.41) is 8.57. The third-order valence-corrected chi connectivity index (χ3v) is 1.39. The molecule has 4 heteroatoms. The molecule has 0 saturated heterocycles. The Hall–Kier alpha value is -0.610. The molecule has 0 saturated carbocycles. The Labute approximate surface area is 53.8 Å². The molecule has 0 aliphatic rings. The van der Waals surface area contributed by atoms with Gasteiger partial charge in [-0.3, -0.25) is 4.79 Å². The number of primary amides is 1. The molecule has 0 fully saturated rings. The molecule has 0 aliphatic heterocycles. The first-order valence-corrected chi connectivity index (χ1v) is 2.67. The monoisotopic (exact) mass is 132 g/mol. The predicted molar refractivity (Wildman–Crippen MR) is 33.4 cm³/mol. The van der Waals surface area contributed by atoms with Crippen molar-refractivity contribution in [3.8, 4) is 0 Å². The van der Waals surface area contributed by atoms with Crippen molar-refractivity contribution < 1.29 is 9.90 Å². The van der Waals surface area contributed by atoms with Crippen LogP contribution in [0.5, 0.6) is 0 Å². The Bertz CT molecular complexity index is 110. The van der Waals surface area contributed by atoms with Gasteiger partial charge in [-0.15, -0.1) is 0 Å². The fourth-order valence-corrected chi connectivity index (χ4v) is 0.243. The topological polar surface area (TPSA) is 89.3 Å². The van der Waals surface area contributed by atoms with Crippen LogP contribution < -0.4 is 11.5 Å². The lowest BCUT2D eigenvalue weighted by atomic mass is 9.91. The minimum Gasteiger partial charge on any atom is -0.395 e. The number of aliphatic hydroxyl groups is 1. The fraction of sp³-hybridized carbons (Fsp3) is 0.800. The maximum absolute atomic E-state index is 10.5. The van der Waals surface area contributed by atoms with Crippen molar-refractivity contribution in [3.05, 3.63) is 0 Å². The van der Waals surface area contributed by atoms with Gasteiger partial charge in [-0.2, -0.15) is 0 Å². The lowest BCUT2D eigenvalue weighted by Crippen LogP contribution is -2.43. The SMILES string of the molecule is CC(CN)(CO)C(N)=O. The number of hydrogen-bond acceptors (Lipinski definition) is 3. The highest BCUT2D eigenvalue weighted by molar-refractivity contribution is 5.80. The van der Waals surface area contributed by atoms with Crippen molar-refractivity contribution in [1.29, 1.82) is 0 Å². The first-order chi connectivity index (χ1) is 4.06. The van der Waals surface area contributed by atoms with Crippen LogP contribution in [-0.2, 0) is 4.79 Å². The van der Waals surface area contributed by atoms with Gasteiger partial charge in [-0.25, -0.2) is 0 Å². The molecule has 0 aliphatic carbocycles. The quantitative estimate of drug-likeness (QED) is 0.433. The maximum Gasteiger partial charge on any atom is 0.226 e. The van der Waals surface area contributed by atoms with E-state index in [9.17, 15) is 4.79 Å². The Balaban J connectivity index is 4.09. The second-order valence-electron chi connectivity index (χ2n) is 2.29. The second-order valence-corrected chi connectivity index (χ2v) is 2.29. The largest absolute Gasteiger partial charge is 0.395 e. The Morgan fingerprint density at radius 2 is 2.22 bits per heavy atom. The van der Waals surface area contributed by atoms with Crippen LogP contribution in [0.4, 0.5) is 0 Å². The highest BCUT2D eigenvalue weighted by Gasteiger charge is 2.27. The molecule has 1 atom stereocenters. The van der Waals surface area contributed by atoms with E-state index in [4.69, 9.17) is 16.6 Å².